The Balaban J connectivity index is 2.04. The standard InChI is InChI=1S/C18H19ClN2O3/c1-18(2,24-15-10-6-13(19)7-11-15)17(23)21-14-8-4-12(5-9-14)16(22)20-3/h4-11H,1-3H3,(H,20,22)(H,21,23). The summed E-state index contributed by atoms with van der Waals surface area (Å²) < 4.78 is 5.74. The lowest BCUT2D eigenvalue weighted by Crippen LogP contribution is -2.42. The molecule has 2 aromatic rings. The van der Waals surface area contributed by atoms with Crippen LogP contribution in [0.3, 0.4) is 0 Å². The lowest BCUT2D eigenvalue weighted by Gasteiger charge is -2.25. The van der Waals surface area contributed by atoms with Crippen LogP contribution in [0.25, 0.3) is 0 Å². The quantitative estimate of drug-likeness (QED) is 0.870. The fourth-order valence-corrected chi connectivity index (χ4v) is 2.10. The van der Waals surface area contributed by atoms with Gasteiger partial charge >= 0.3 is 0 Å². The van der Waals surface area contributed by atoms with Crippen LogP contribution in [-0.4, -0.2) is 24.5 Å². The first-order valence-corrected chi connectivity index (χ1v) is 7.78. The van der Waals surface area contributed by atoms with Crippen LogP contribution in [0.1, 0.15) is 24.2 Å². The monoisotopic (exact) mass is 346 g/mol. The second-order valence-electron chi connectivity index (χ2n) is 5.68. The van der Waals surface area contributed by atoms with Crippen molar-refractivity contribution in [1.29, 1.82) is 0 Å². The van der Waals surface area contributed by atoms with Crippen LogP contribution >= 0.6 is 11.6 Å². The van der Waals surface area contributed by atoms with Gasteiger partial charge in [-0.25, -0.2) is 0 Å². The molecule has 6 heteroatoms. The van der Waals surface area contributed by atoms with Crippen molar-refractivity contribution >= 4 is 29.1 Å². The Bertz CT molecular complexity index is 725. The molecular formula is C18H19ClN2O3. The number of benzene rings is 2. The molecule has 0 aliphatic heterocycles. The van der Waals surface area contributed by atoms with Gasteiger partial charge in [0.1, 0.15) is 5.75 Å². The molecular weight excluding hydrogens is 328 g/mol. The van der Waals surface area contributed by atoms with Gasteiger partial charge in [0.15, 0.2) is 5.60 Å². The van der Waals surface area contributed by atoms with E-state index >= 15 is 0 Å². The Morgan fingerprint density at radius 1 is 1.00 bits per heavy atom. The SMILES string of the molecule is CNC(=O)c1ccc(NC(=O)C(C)(C)Oc2ccc(Cl)cc2)cc1. The van der Waals surface area contributed by atoms with Gasteiger partial charge in [-0.15, -0.1) is 0 Å². The third kappa shape index (κ3) is 4.49. The second kappa shape index (κ2) is 7.36. The molecule has 0 aromatic heterocycles. The number of ether oxygens (including phenoxy) is 1. The third-order valence-corrected chi connectivity index (χ3v) is 3.62. The molecule has 0 aliphatic rings. The molecule has 0 radical (unpaired) electrons. The predicted molar refractivity (Wildman–Crippen MR) is 94.6 cm³/mol. The molecule has 0 saturated heterocycles. The summed E-state index contributed by atoms with van der Waals surface area (Å²) in [5, 5.41) is 5.92. The van der Waals surface area contributed by atoms with Crippen LogP contribution in [0, 0.1) is 0 Å². The van der Waals surface area contributed by atoms with Crippen LogP contribution in [-0.2, 0) is 4.79 Å². The zero-order valence-corrected chi connectivity index (χ0v) is 14.5. The van der Waals surface area contributed by atoms with Gasteiger partial charge in [0.2, 0.25) is 0 Å². The first-order chi connectivity index (χ1) is 11.3. The number of amides is 2. The van der Waals surface area contributed by atoms with E-state index in [1.165, 1.54) is 0 Å². The number of carbonyl (C=O) groups is 2. The van der Waals surface area contributed by atoms with Gasteiger partial charge < -0.3 is 15.4 Å². The van der Waals surface area contributed by atoms with Gasteiger partial charge in [-0.2, -0.15) is 0 Å². The van der Waals surface area contributed by atoms with Crippen molar-refractivity contribution < 1.29 is 14.3 Å². The van der Waals surface area contributed by atoms with Crippen LogP contribution in [0.5, 0.6) is 5.75 Å². The highest BCUT2D eigenvalue weighted by atomic mass is 35.5. The highest BCUT2D eigenvalue weighted by molar-refractivity contribution is 6.30. The summed E-state index contributed by atoms with van der Waals surface area (Å²) in [6.45, 7) is 3.35. The van der Waals surface area contributed by atoms with Gasteiger partial charge in [0.05, 0.1) is 0 Å². The van der Waals surface area contributed by atoms with E-state index in [9.17, 15) is 9.59 Å². The molecule has 0 fully saturated rings. The van der Waals surface area contributed by atoms with Gasteiger partial charge in [-0.1, -0.05) is 11.6 Å². The first-order valence-electron chi connectivity index (χ1n) is 7.40. The predicted octanol–water partition coefficient (Wildman–Crippen LogP) is 3.50. The number of halogens is 1. The lowest BCUT2D eigenvalue weighted by molar-refractivity contribution is -0.128. The van der Waals surface area contributed by atoms with E-state index in [1.54, 1.807) is 69.4 Å². The van der Waals surface area contributed by atoms with Crippen molar-refractivity contribution in [3.05, 3.63) is 59.1 Å². The average molecular weight is 347 g/mol. The minimum atomic E-state index is -1.08. The van der Waals surface area contributed by atoms with E-state index in [-0.39, 0.29) is 11.8 Å². The smallest absolute Gasteiger partial charge is 0.267 e. The molecule has 5 nitrogen and oxygen atoms in total. The Kier molecular flexibility index (Phi) is 5.46. The highest BCUT2D eigenvalue weighted by Gasteiger charge is 2.30. The normalized spacial score (nSPS) is 10.8. The molecule has 0 bridgehead atoms. The average Bonchev–Trinajstić information content (AvgIpc) is 2.56. The molecule has 0 atom stereocenters. The molecule has 0 saturated carbocycles. The summed E-state index contributed by atoms with van der Waals surface area (Å²) in [7, 11) is 1.56. The maximum Gasteiger partial charge on any atom is 0.267 e. The molecule has 0 aliphatic carbocycles. The number of hydrogen-bond donors (Lipinski definition) is 2. The molecule has 0 spiro atoms. The molecule has 0 unspecified atom stereocenters. The van der Waals surface area contributed by atoms with Crippen molar-refractivity contribution in [1.82, 2.24) is 5.32 Å². The topological polar surface area (TPSA) is 67.4 Å². The van der Waals surface area contributed by atoms with Gasteiger partial charge in [-0.05, 0) is 62.4 Å². The summed E-state index contributed by atoms with van der Waals surface area (Å²) in [5.74, 6) is 0.0685. The van der Waals surface area contributed by atoms with E-state index < -0.39 is 5.60 Å². The number of anilines is 1. The Labute approximate surface area is 146 Å². The summed E-state index contributed by atoms with van der Waals surface area (Å²) in [5.41, 5.74) is 0.0282. The molecule has 2 rings (SSSR count). The fourth-order valence-electron chi connectivity index (χ4n) is 1.97. The van der Waals surface area contributed by atoms with E-state index in [4.69, 9.17) is 16.3 Å². The van der Waals surface area contributed by atoms with E-state index in [0.717, 1.165) is 0 Å². The number of carbonyl (C=O) groups excluding carboxylic acids is 2. The van der Waals surface area contributed by atoms with Crippen LogP contribution in [0.4, 0.5) is 5.69 Å². The Morgan fingerprint density at radius 2 is 1.58 bits per heavy atom. The van der Waals surface area contributed by atoms with Crippen molar-refractivity contribution in [2.45, 2.75) is 19.4 Å². The third-order valence-electron chi connectivity index (χ3n) is 3.37. The second-order valence-corrected chi connectivity index (χ2v) is 6.11. The summed E-state index contributed by atoms with van der Waals surface area (Å²) >= 11 is 5.83. The zero-order chi connectivity index (χ0) is 17.7. The minimum absolute atomic E-state index is 0.181. The van der Waals surface area contributed by atoms with Crippen LogP contribution < -0.4 is 15.4 Å². The van der Waals surface area contributed by atoms with Crippen molar-refractivity contribution in [3.8, 4) is 5.75 Å². The molecule has 2 amide bonds. The molecule has 0 heterocycles. The summed E-state index contributed by atoms with van der Waals surface area (Å²) in [6, 6.07) is 13.4. The molecule has 2 aromatic carbocycles. The number of nitrogens with one attached hydrogen (secondary N) is 2. The minimum Gasteiger partial charge on any atom is -0.478 e. The lowest BCUT2D eigenvalue weighted by atomic mass is 10.1. The Morgan fingerprint density at radius 3 is 2.12 bits per heavy atom. The number of hydrogen-bond acceptors (Lipinski definition) is 3. The molecule has 126 valence electrons. The van der Waals surface area contributed by atoms with Crippen LogP contribution in [0.2, 0.25) is 5.02 Å². The largest absolute Gasteiger partial charge is 0.478 e. The van der Waals surface area contributed by atoms with E-state index in [1.807, 2.05) is 0 Å². The van der Waals surface area contributed by atoms with Gasteiger partial charge in [0.25, 0.3) is 11.8 Å². The Hall–Kier alpha value is -2.53. The fraction of sp³-hybridized carbons (Fsp3) is 0.222. The van der Waals surface area contributed by atoms with Crippen LogP contribution in [0.15, 0.2) is 48.5 Å². The summed E-state index contributed by atoms with van der Waals surface area (Å²) in [6.07, 6.45) is 0. The van der Waals surface area contributed by atoms with E-state index in [2.05, 4.69) is 10.6 Å². The van der Waals surface area contributed by atoms with E-state index in [0.29, 0.717) is 22.0 Å². The first kappa shape index (κ1) is 17.8. The number of rotatable bonds is 5. The van der Waals surface area contributed by atoms with Crippen molar-refractivity contribution in [2.24, 2.45) is 0 Å². The van der Waals surface area contributed by atoms with Crippen molar-refractivity contribution in [3.63, 3.8) is 0 Å². The zero-order valence-electron chi connectivity index (χ0n) is 13.7. The van der Waals surface area contributed by atoms with Crippen molar-refractivity contribution in [2.75, 3.05) is 12.4 Å². The highest BCUT2D eigenvalue weighted by Crippen LogP contribution is 2.22. The van der Waals surface area contributed by atoms with Gasteiger partial charge in [0, 0.05) is 23.3 Å². The molecule has 2 N–H and O–H groups in total. The summed E-state index contributed by atoms with van der Waals surface area (Å²) in [4.78, 5) is 23.9. The van der Waals surface area contributed by atoms with Gasteiger partial charge in [-0.3, -0.25) is 9.59 Å². The maximum absolute atomic E-state index is 12.4. The molecule has 24 heavy (non-hydrogen) atoms. The maximum atomic E-state index is 12.4.